The van der Waals surface area contributed by atoms with Crippen LogP contribution in [0.15, 0.2) is 12.3 Å². The molecule has 0 atom stereocenters. The second kappa shape index (κ2) is 4.61. The largest absolute Gasteiger partial charge is 0.358 e. The molecule has 1 N–H and O–H groups in total. The molecule has 0 spiro atoms. The summed E-state index contributed by atoms with van der Waals surface area (Å²) < 4.78 is 0. The monoisotopic (exact) mass is 201 g/mol. The maximum atomic E-state index is 10.2. The SMILES string of the molecule is O=[N+]([O-])c1cnc(C=CCCCl)[nH]1. The minimum absolute atomic E-state index is 0.106. The first-order valence-electron chi connectivity index (χ1n) is 3.66. The van der Waals surface area contributed by atoms with Gasteiger partial charge in [-0.05, 0) is 11.3 Å². The second-order valence-electron chi connectivity index (χ2n) is 2.29. The summed E-state index contributed by atoms with van der Waals surface area (Å²) in [5.74, 6) is 0.890. The van der Waals surface area contributed by atoms with Crippen LogP contribution in [0, 0.1) is 10.1 Å². The Kier molecular flexibility index (Phi) is 3.45. The maximum Gasteiger partial charge on any atom is 0.340 e. The summed E-state index contributed by atoms with van der Waals surface area (Å²) in [5, 5.41) is 10.2. The number of hydrogen-bond donors (Lipinski definition) is 1. The lowest BCUT2D eigenvalue weighted by Crippen LogP contribution is -1.86. The van der Waals surface area contributed by atoms with Gasteiger partial charge in [-0.15, -0.1) is 11.6 Å². The number of halogens is 1. The van der Waals surface area contributed by atoms with Gasteiger partial charge in [0.15, 0.2) is 0 Å². The van der Waals surface area contributed by atoms with Gasteiger partial charge >= 0.3 is 5.82 Å². The zero-order valence-corrected chi connectivity index (χ0v) is 7.49. The summed E-state index contributed by atoms with van der Waals surface area (Å²) in [4.78, 5) is 16.0. The highest BCUT2D eigenvalue weighted by atomic mass is 35.5. The fourth-order valence-corrected chi connectivity index (χ4v) is 0.888. The van der Waals surface area contributed by atoms with Crippen molar-refractivity contribution in [1.82, 2.24) is 9.97 Å². The molecular weight excluding hydrogens is 194 g/mol. The molecule has 1 rings (SSSR count). The van der Waals surface area contributed by atoms with Crippen molar-refractivity contribution in [3.05, 3.63) is 28.2 Å². The van der Waals surface area contributed by atoms with Crippen molar-refractivity contribution in [3.8, 4) is 0 Å². The molecule has 0 saturated heterocycles. The van der Waals surface area contributed by atoms with Gasteiger partial charge in [0, 0.05) is 12.0 Å². The van der Waals surface area contributed by atoms with E-state index in [0.717, 1.165) is 6.42 Å². The van der Waals surface area contributed by atoms with E-state index in [-0.39, 0.29) is 5.82 Å². The summed E-state index contributed by atoms with van der Waals surface area (Å²) in [6.07, 6.45) is 5.36. The van der Waals surface area contributed by atoms with E-state index < -0.39 is 4.92 Å². The van der Waals surface area contributed by atoms with E-state index in [1.807, 2.05) is 0 Å². The molecule has 13 heavy (non-hydrogen) atoms. The third kappa shape index (κ3) is 2.87. The van der Waals surface area contributed by atoms with E-state index >= 15 is 0 Å². The maximum absolute atomic E-state index is 10.2. The Morgan fingerprint density at radius 1 is 1.77 bits per heavy atom. The number of rotatable bonds is 4. The minimum atomic E-state index is -0.522. The van der Waals surface area contributed by atoms with E-state index in [9.17, 15) is 10.1 Å². The predicted molar refractivity (Wildman–Crippen MR) is 49.6 cm³/mol. The van der Waals surface area contributed by atoms with Gasteiger partial charge in [0.2, 0.25) is 5.82 Å². The molecule has 0 fully saturated rings. The topological polar surface area (TPSA) is 71.8 Å². The van der Waals surface area contributed by atoms with E-state index in [0.29, 0.717) is 11.7 Å². The van der Waals surface area contributed by atoms with E-state index in [2.05, 4.69) is 9.97 Å². The highest BCUT2D eigenvalue weighted by molar-refractivity contribution is 6.17. The van der Waals surface area contributed by atoms with Crippen molar-refractivity contribution >= 4 is 23.5 Å². The van der Waals surface area contributed by atoms with E-state index in [1.165, 1.54) is 6.20 Å². The molecule has 0 aliphatic heterocycles. The van der Waals surface area contributed by atoms with Crippen molar-refractivity contribution in [2.24, 2.45) is 0 Å². The summed E-state index contributed by atoms with van der Waals surface area (Å²) in [7, 11) is 0. The number of alkyl halides is 1. The number of nitro groups is 1. The van der Waals surface area contributed by atoms with Gasteiger partial charge in [-0.25, -0.2) is 9.97 Å². The zero-order chi connectivity index (χ0) is 9.68. The fraction of sp³-hybridized carbons (Fsp3) is 0.286. The normalized spacial score (nSPS) is 10.8. The van der Waals surface area contributed by atoms with Gasteiger partial charge in [-0.2, -0.15) is 0 Å². The van der Waals surface area contributed by atoms with Crippen molar-refractivity contribution in [3.63, 3.8) is 0 Å². The lowest BCUT2D eigenvalue weighted by Gasteiger charge is -1.84. The molecule has 70 valence electrons. The highest BCUT2D eigenvalue weighted by Gasteiger charge is 2.06. The van der Waals surface area contributed by atoms with Crippen LogP contribution >= 0.6 is 11.6 Å². The standard InChI is InChI=1S/C7H8ClN3O2/c8-4-2-1-3-6-9-5-7(10-6)11(12)13/h1,3,5H,2,4H2,(H,9,10). The molecule has 6 heteroatoms. The van der Waals surface area contributed by atoms with Crippen LogP contribution in [0.3, 0.4) is 0 Å². The number of H-pyrrole nitrogens is 1. The number of imidazole rings is 1. The molecular formula is C7H8ClN3O2. The smallest absolute Gasteiger partial charge is 0.340 e. The molecule has 0 aliphatic rings. The second-order valence-corrected chi connectivity index (χ2v) is 2.67. The van der Waals surface area contributed by atoms with Gasteiger partial charge in [0.25, 0.3) is 0 Å². The van der Waals surface area contributed by atoms with Crippen LogP contribution in [0.1, 0.15) is 12.2 Å². The molecule has 0 aromatic carbocycles. The van der Waals surface area contributed by atoms with Crippen LogP contribution in [0.4, 0.5) is 5.82 Å². The molecule has 1 aromatic rings. The Hall–Kier alpha value is -1.36. The van der Waals surface area contributed by atoms with Crippen molar-refractivity contribution < 1.29 is 4.92 Å². The Morgan fingerprint density at radius 3 is 3.08 bits per heavy atom. The van der Waals surface area contributed by atoms with Crippen LogP contribution < -0.4 is 0 Å². The molecule has 0 bridgehead atoms. The number of nitrogens with one attached hydrogen (secondary N) is 1. The number of nitrogens with zero attached hydrogens (tertiary/aromatic N) is 2. The number of allylic oxidation sites excluding steroid dienone is 1. The van der Waals surface area contributed by atoms with E-state index in [4.69, 9.17) is 11.6 Å². The van der Waals surface area contributed by atoms with Gasteiger partial charge in [0.05, 0.1) is 0 Å². The summed E-state index contributed by atoms with van der Waals surface area (Å²) in [5.41, 5.74) is 0. The average molecular weight is 202 g/mol. The predicted octanol–water partition coefficient (Wildman–Crippen LogP) is 1.96. The van der Waals surface area contributed by atoms with Crippen LogP contribution in [-0.2, 0) is 0 Å². The first-order chi connectivity index (χ1) is 6.24. The van der Waals surface area contributed by atoms with Crippen LogP contribution in [-0.4, -0.2) is 20.8 Å². The molecule has 1 aromatic heterocycles. The van der Waals surface area contributed by atoms with Gasteiger partial charge in [-0.1, -0.05) is 6.08 Å². The van der Waals surface area contributed by atoms with Crippen molar-refractivity contribution in [2.45, 2.75) is 6.42 Å². The minimum Gasteiger partial charge on any atom is -0.358 e. The first-order valence-corrected chi connectivity index (χ1v) is 4.19. The summed E-state index contributed by atoms with van der Waals surface area (Å²) >= 11 is 5.43. The quantitative estimate of drug-likeness (QED) is 0.460. The average Bonchev–Trinajstić information content (AvgIpc) is 2.53. The zero-order valence-electron chi connectivity index (χ0n) is 6.74. The summed E-state index contributed by atoms with van der Waals surface area (Å²) in [6, 6.07) is 0. The summed E-state index contributed by atoms with van der Waals surface area (Å²) in [6.45, 7) is 0. The van der Waals surface area contributed by atoms with Crippen LogP contribution in [0.5, 0.6) is 0 Å². The van der Waals surface area contributed by atoms with Crippen molar-refractivity contribution in [1.29, 1.82) is 0 Å². The van der Waals surface area contributed by atoms with Crippen LogP contribution in [0.25, 0.3) is 6.08 Å². The van der Waals surface area contributed by atoms with Gasteiger partial charge in [0.1, 0.15) is 6.20 Å². The molecule has 0 amide bonds. The third-order valence-corrected chi connectivity index (χ3v) is 1.55. The lowest BCUT2D eigenvalue weighted by atomic mass is 10.4. The molecule has 5 nitrogen and oxygen atoms in total. The number of hydrogen-bond acceptors (Lipinski definition) is 3. The Balaban J connectivity index is 2.64. The van der Waals surface area contributed by atoms with Gasteiger partial charge < -0.3 is 10.1 Å². The van der Waals surface area contributed by atoms with Gasteiger partial charge in [-0.3, -0.25) is 0 Å². The Bertz CT molecular complexity index is 321. The third-order valence-electron chi connectivity index (χ3n) is 1.33. The van der Waals surface area contributed by atoms with E-state index in [1.54, 1.807) is 12.2 Å². The fourth-order valence-electron chi connectivity index (χ4n) is 0.762. The highest BCUT2D eigenvalue weighted by Crippen LogP contribution is 2.07. The Morgan fingerprint density at radius 2 is 2.54 bits per heavy atom. The lowest BCUT2D eigenvalue weighted by molar-refractivity contribution is -0.389. The van der Waals surface area contributed by atoms with Crippen LogP contribution in [0.2, 0.25) is 0 Å². The Labute approximate surface area is 79.6 Å². The molecule has 0 radical (unpaired) electrons. The molecule has 0 saturated carbocycles. The van der Waals surface area contributed by atoms with Crippen molar-refractivity contribution in [2.75, 3.05) is 5.88 Å². The molecule has 1 heterocycles. The molecule has 0 unspecified atom stereocenters. The number of aromatic amines is 1. The molecule has 0 aliphatic carbocycles. The first kappa shape index (κ1) is 9.73. The number of aromatic nitrogens is 2.